The molecule has 8 nitrogen and oxygen atoms in total. The number of ether oxygens (including phenoxy) is 2. The fourth-order valence-corrected chi connectivity index (χ4v) is 5.08. The van der Waals surface area contributed by atoms with E-state index in [0.717, 1.165) is 31.6 Å². The first-order chi connectivity index (χ1) is 23.7. The number of carbonyl (C=O) groups excluding carboxylic acids is 2. The number of hydrogen-bond donors (Lipinski definition) is 4. The van der Waals surface area contributed by atoms with Gasteiger partial charge in [0, 0.05) is 12.8 Å². The van der Waals surface area contributed by atoms with Gasteiger partial charge >= 0.3 is 11.9 Å². The van der Waals surface area contributed by atoms with Crippen molar-refractivity contribution in [1.82, 2.24) is 0 Å². The summed E-state index contributed by atoms with van der Waals surface area (Å²) in [5.74, 6) is -0.106. The van der Waals surface area contributed by atoms with Crippen LogP contribution in [0.2, 0.25) is 0 Å². The van der Waals surface area contributed by atoms with Crippen molar-refractivity contribution in [2.24, 2.45) is 5.92 Å². The standard InChI is InChI=1S/C41H70O8/c1-4-5-20-27-36(43)28-22-17-14-15-18-23-29-38(44)39(45)30-25-32-41(47)49-37(33-42)34-48-40(46)31-24-19-13-11-9-7-6-8-10-12-16-21-26-35(2)3/h5,14-15,17-18,20,22-23,28-29,35-39,42-45H,4,6-13,16,19,21,24-27,30-34H2,1-3H3/b17-14+,18-15-,20-5-,28-22+,29-23-/t36-,37-,38+,39+/m0/s1. The van der Waals surface area contributed by atoms with Crippen molar-refractivity contribution in [1.29, 1.82) is 0 Å². The summed E-state index contributed by atoms with van der Waals surface area (Å²) >= 11 is 0. The maximum atomic E-state index is 12.2. The van der Waals surface area contributed by atoms with Crippen LogP contribution in [-0.2, 0) is 19.1 Å². The van der Waals surface area contributed by atoms with Crippen molar-refractivity contribution in [3.63, 3.8) is 0 Å². The molecule has 0 aromatic rings. The molecule has 0 amide bonds. The van der Waals surface area contributed by atoms with E-state index in [9.17, 15) is 30.0 Å². The number of allylic oxidation sites excluding steroid dienone is 7. The zero-order valence-electron chi connectivity index (χ0n) is 30.9. The summed E-state index contributed by atoms with van der Waals surface area (Å²) < 4.78 is 10.4. The van der Waals surface area contributed by atoms with Crippen LogP contribution in [0.4, 0.5) is 0 Å². The molecule has 0 aliphatic rings. The molecule has 282 valence electrons. The Morgan fingerprint density at radius 1 is 0.633 bits per heavy atom. The van der Waals surface area contributed by atoms with Crippen molar-refractivity contribution >= 4 is 11.9 Å². The number of rotatable bonds is 32. The first kappa shape index (κ1) is 46.5. The van der Waals surface area contributed by atoms with Gasteiger partial charge in [-0.15, -0.1) is 0 Å². The molecule has 0 saturated carbocycles. The zero-order chi connectivity index (χ0) is 36.4. The third-order valence-corrected chi connectivity index (χ3v) is 8.10. The largest absolute Gasteiger partial charge is 0.462 e. The smallest absolute Gasteiger partial charge is 0.306 e. The fraction of sp³-hybridized carbons (Fsp3) is 0.707. The van der Waals surface area contributed by atoms with Crippen LogP contribution in [0.5, 0.6) is 0 Å². The minimum Gasteiger partial charge on any atom is -0.462 e. The van der Waals surface area contributed by atoms with E-state index in [4.69, 9.17) is 9.47 Å². The van der Waals surface area contributed by atoms with Gasteiger partial charge in [0.25, 0.3) is 0 Å². The zero-order valence-corrected chi connectivity index (χ0v) is 30.9. The van der Waals surface area contributed by atoms with Gasteiger partial charge in [-0.25, -0.2) is 0 Å². The van der Waals surface area contributed by atoms with E-state index < -0.39 is 37.0 Å². The lowest BCUT2D eigenvalue weighted by molar-refractivity contribution is -0.161. The van der Waals surface area contributed by atoms with Gasteiger partial charge in [-0.3, -0.25) is 9.59 Å². The predicted octanol–water partition coefficient (Wildman–Crippen LogP) is 8.39. The Morgan fingerprint density at radius 3 is 1.73 bits per heavy atom. The maximum Gasteiger partial charge on any atom is 0.306 e. The van der Waals surface area contributed by atoms with Crippen molar-refractivity contribution in [2.75, 3.05) is 13.2 Å². The Morgan fingerprint density at radius 2 is 1.16 bits per heavy atom. The highest BCUT2D eigenvalue weighted by Crippen LogP contribution is 2.15. The van der Waals surface area contributed by atoms with Gasteiger partial charge in [0.05, 0.1) is 24.9 Å². The van der Waals surface area contributed by atoms with Crippen LogP contribution in [0.25, 0.3) is 0 Å². The molecule has 4 N–H and O–H groups in total. The lowest BCUT2D eigenvalue weighted by Gasteiger charge is -2.17. The lowest BCUT2D eigenvalue weighted by Crippen LogP contribution is -2.29. The first-order valence-electron chi connectivity index (χ1n) is 19.0. The molecule has 0 rings (SSSR count). The predicted molar refractivity (Wildman–Crippen MR) is 200 cm³/mol. The van der Waals surface area contributed by atoms with Crippen LogP contribution in [-0.4, -0.2) is 70.0 Å². The Balaban J connectivity index is 3.94. The monoisotopic (exact) mass is 691 g/mol. The average Bonchev–Trinajstić information content (AvgIpc) is 3.07. The Bertz CT molecular complexity index is 936. The van der Waals surface area contributed by atoms with Crippen LogP contribution in [0.1, 0.15) is 143 Å². The number of esters is 2. The maximum absolute atomic E-state index is 12.2. The Kier molecular flexibility index (Phi) is 32.2. The summed E-state index contributed by atoms with van der Waals surface area (Å²) in [4.78, 5) is 24.3. The van der Waals surface area contributed by atoms with E-state index in [2.05, 4.69) is 13.8 Å². The van der Waals surface area contributed by atoms with E-state index in [1.807, 2.05) is 19.1 Å². The van der Waals surface area contributed by atoms with E-state index >= 15 is 0 Å². The second-order valence-electron chi connectivity index (χ2n) is 13.3. The van der Waals surface area contributed by atoms with Crippen molar-refractivity contribution in [2.45, 2.75) is 167 Å². The van der Waals surface area contributed by atoms with E-state index in [1.54, 1.807) is 42.5 Å². The summed E-state index contributed by atoms with van der Waals surface area (Å²) in [6.45, 7) is 5.98. The van der Waals surface area contributed by atoms with Gasteiger partial charge in [0.15, 0.2) is 6.10 Å². The normalized spacial score (nSPS) is 14.9. The van der Waals surface area contributed by atoms with Crippen LogP contribution < -0.4 is 0 Å². The summed E-state index contributed by atoms with van der Waals surface area (Å²) in [6.07, 6.45) is 32.3. The summed E-state index contributed by atoms with van der Waals surface area (Å²) in [7, 11) is 0. The van der Waals surface area contributed by atoms with E-state index in [0.29, 0.717) is 12.8 Å². The second kappa shape index (κ2) is 34.0. The second-order valence-corrected chi connectivity index (χ2v) is 13.3. The van der Waals surface area contributed by atoms with E-state index in [1.165, 1.54) is 70.3 Å². The molecule has 0 fully saturated rings. The van der Waals surface area contributed by atoms with Crippen molar-refractivity contribution in [3.8, 4) is 0 Å². The molecular weight excluding hydrogens is 620 g/mol. The van der Waals surface area contributed by atoms with Gasteiger partial charge in [-0.2, -0.15) is 0 Å². The van der Waals surface area contributed by atoms with Crippen LogP contribution in [0.15, 0.2) is 60.8 Å². The van der Waals surface area contributed by atoms with Gasteiger partial charge in [0.2, 0.25) is 0 Å². The number of unbranched alkanes of at least 4 members (excludes halogenated alkanes) is 11. The third kappa shape index (κ3) is 32.4. The highest BCUT2D eigenvalue weighted by Gasteiger charge is 2.18. The molecule has 0 aromatic heterocycles. The molecule has 49 heavy (non-hydrogen) atoms. The molecule has 0 aliphatic heterocycles. The van der Waals surface area contributed by atoms with Crippen molar-refractivity contribution < 1.29 is 39.5 Å². The quantitative estimate of drug-likeness (QED) is 0.0239. The molecule has 0 saturated heterocycles. The average molecular weight is 691 g/mol. The van der Waals surface area contributed by atoms with Gasteiger partial charge < -0.3 is 29.9 Å². The Hall–Kier alpha value is -2.52. The van der Waals surface area contributed by atoms with Crippen LogP contribution in [0.3, 0.4) is 0 Å². The highest BCUT2D eigenvalue weighted by atomic mass is 16.6. The molecule has 0 spiro atoms. The minimum atomic E-state index is -1.09. The summed E-state index contributed by atoms with van der Waals surface area (Å²) in [5, 5.41) is 39.6. The fourth-order valence-electron chi connectivity index (χ4n) is 5.08. The van der Waals surface area contributed by atoms with Crippen molar-refractivity contribution in [3.05, 3.63) is 60.8 Å². The summed E-state index contributed by atoms with van der Waals surface area (Å²) in [6, 6.07) is 0. The molecule has 8 heteroatoms. The molecule has 0 aliphatic carbocycles. The molecule has 0 bridgehead atoms. The molecule has 0 heterocycles. The molecule has 0 aromatic carbocycles. The number of hydrogen-bond acceptors (Lipinski definition) is 8. The van der Waals surface area contributed by atoms with Gasteiger partial charge in [-0.05, 0) is 38.0 Å². The van der Waals surface area contributed by atoms with Gasteiger partial charge in [-0.1, -0.05) is 159 Å². The molecule has 0 radical (unpaired) electrons. The summed E-state index contributed by atoms with van der Waals surface area (Å²) in [5.41, 5.74) is 0. The SMILES string of the molecule is CC/C=C\C[C@H](O)/C=C/C=C/C=C\C=C/[C@@H](O)[C@H](O)CCCC(=O)O[C@@H](CO)COC(=O)CCCCCCCCCCCCCCC(C)C. The number of aliphatic hydroxyl groups excluding tert-OH is 4. The highest BCUT2D eigenvalue weighted by molar-refractivity contribution is 5.70. The molecule has 0 unspecified atom stereocenters. The topological polar surface area (TPSA) is 134 Å². The number of aliphatic hydroxyl groups is 4. The van der Waals surface area contributed by atoms with Crippen LogP contribution in [0, 0.1) is 5.92 Å². The van der Waals surface area contributed by atoms with E-state index in [-0.39, 0.29) is 31.8 Å². The lowest BCUT2D eigenvalue weighted by atomic mass is 10.0. The van der Waals surface area contributed by atoms with Gasteiger partial charge in [0.1, 0.15) is 6.61 Å². The minimum absolute atomic E-state index is 0.00180. The first-order valence-corrected chi connectivity index (χ1v) is 19.0. The molecule has 4 atom stereocenters. The molecular formula is C41H70O8. The third-order valence-electron chi connectivity index (χ3n) is 8.10. The van der Waals surface area contributed by atoms with Crippen LogP contribution >= 0.6 is 0 Å². The number of carbonyl (C=O) groups is 2. The Labute approximate surface area is 298 Å².